The molecular formula is C11H14N2Si. The highest BCUT2D eigenvalue weighted by atomic mass is 28.3. The lowest BCUT2D eigenvalue weighted by atomic mass is 10.2. The average Bonchev–Trinajstić information content (AvgIpc) is 2.15. The summed E-state index contributed by atoms with van der Waals surface area (Å²) in [4.78, 5) is 4.23. The number of nitrogens with zero attached hydrogens (tertiary/aromatic N) is 2. The first-order valence-electron chi connectivity index (χ1n) is 4.51. The van der Waals surface area contributed by atoms with E-state index < -0.39 is 8.07 Å². The first-order valence-corrected chi connectivity index (χ1v) is 8.01. The van der Waals surface area contributed by atoms with Crippen molar-refractivity contribution in [2.75, 3.05) is 0 Å². The molecule has 0 radical (unpaired) electrons. The van der Waals surface area contributed by atoms with Gasteiger partial charge >= 0.3 is 0 Å². The van der Waals surface area contributed by atoms with Gasteiger partial charge in [-0.25, -0.2) is 0 Å². The minimum atomic E-state index is -1.43. The van der Waals surface area contributed by atoms with E-state index in [1.54, 1.807) is 6.20 Å². The number of aromatic nitrogens is 1. The van der Waals surface area contributed by atoms with Gasteiger partial charge in [-0.05, 0) is 11.3 Å². The third-order valence-electron chi connectivity index (χ3n) is 2.04. The average molecular weight is 202 g/mol. The van der Waals surface area contributed by atoms with E-state index in [0.717, 1.165) is 5.69 Å². The second kappa shape index (κ2) is 3.77. The summed E-state index contributed by atoms with van der Waals surface area (Å²) in [7, 11) is -1.43. The minimum absolute atomic E-state index is 0.461. The first-order chi connectivity index (χ1) is 6.46. The molecule has 0 saturated heterocycles. The van der Waals surface area contributed by atoms with E-state index in [2.05, 4.69) is 43.3 Å². The van der Waals surface area contributed by atoms with Crippen LogP contribution in [0.25, 0.3) is 5.57 Å². The zero-order valence-corrected chi connectivity index (χ0v) is 9.83. The van der Waals surface area contributed by atoms with E-state index in [4.69, 9.17) is 5.26 Å². The van der Waals surface area contributed by atoms with Crippen molar-refractivity contribution in [1.29, 1.82) is 5.26 Å². The second-order valence-corrected chi connectivity index (χ2v) is 9.28. The van der Waals surface area contributed by atoms with Crippen molar-refractivity contribution in [3.8, 4) is 6.07 Å². The number of pyridine rings is 1. The highest BCUT2D eigenvalue weighted by molar-refractivity contribution is 6.89. The third-order valence-corrected chi connectivity index (χ3v) is 4.06. The number of hydrogen-bond acceptors (Lipinski definition) is 2. The predicted octanol–water partition coefficient (Wildman–Crippen LogP) is 2.16. The summed E-state index contributed by atoms with van der Waals surface area (Å²) in [6, 6.07) is 6.03. The Hall–Kier alpha value is -1.40. The Morgan fingerprint density at radius 3 is 2.64 bits per heavy atom. The summed E-state index contributed by atoms with van der Waals surface area (Å²) in [5.74, 6) is 0. The normalized spacial score (nSPS) is 10.7. The molecular weight excluding hydrogens is 188 g/mol. The molecule has 0 spiro atoms. The lowest BCUT2D eigenvalue weighted by molar-refractivity contribution is 1.29. The van der Waals surface area contributed by atoms with Crippen molar-refractivity contribution in [3.05, 3.63) is 30.6 Å². The fourth-order valence-corrected chi connectivity index (χ4v) is 2.83. The van der Waals surface area contributed by atoms with Crippen LogP contribution in [0.5, 0.6) is 0 Å². The molecule has 0 unspecified atom stereocenters. The van der Waals surface area contributed by atoms with Crippen LogP contribution in [0.1, 0.15) is 5.69 Å². The molecule has 0 aliphatic heterocycles. The van der Waals surface area contributed by atoms with Crippen molar-refractivity contribution in [1.82, 2.24) is 4.98 Å². The summed E-state index contributed by atoms with van der Waals surface area (Å²) in [6.07, 6.45) is 1.71. The van der Waals surface area contributed by atoms with Crippen molar-refractivity contribution < 1.29 is 0 Å². The van der Waals surface area contributed by atoms with Gasteiger partial charge in [-0.3, -0.25) is 4.98 Å². The monoisotopic (exact) mass is 202 g/mol. The molecule has 1 heterocycles. The van der Waals surface area contributed by atoms with Gasteiger partial charge in [0.1, 0.15) is 6.07 Å². The zero-order valence-electron chi connectivity index (χ0n) is 8.83. The Kier molecular flexibility index (Phi) is 2.87. The van der Waals surface area contributed by atoms with Crippen molar-refractivity contribution in [3.63, 3.8) is 0 Å². The van der Waals surface area contributed by atoms with E-state index in [9.17, 15) is 0 Å². The summed E-state index contributed by atoms with van der Waals surface area (Å²) < 4.78 is 0. The van der Waals surface area contributed by atoms with Crippen molar-refractivity contribution in [2.45, 2.75) is 19.6 Å². The predicted molar refractivity (Wildman–Crippen MR) is 61.9 cm³/mol. The van der Waals surface area contributed by atoms with Gasteiger partial charge in [-0.15, -0.1) is 0 Å². The molecule has 1 rings (SSSR count). The summed E-state index contributed by atoms with van der Waals surface area (Å²) >= 11 is 0. The first kappa shape index (κ1) is 10.7. The largest absolute Gasteiger partial charge is 0.256 e. The Labute approximate surface area is 85.9 Å². The van der Waals surface area contributed by atoms with Crippen LogP contribution in [0.2, 0.25) is 19.6 Å². The summed E-state index contributed by atoms with van der Waals surface area (Å²) in [5, 5.41) is 10.0. The second-order valence-electron chi connectivity index (χ2n) is 4.24. The Balaban J connectivity index is 3.32. The van der Waals surface area contributed by atoms with Crippen LogP contribution in [0.4, 0.5) is 0 Å². The molecule has 0 aliphatic rings. The van der Waals surface area contributed by atoms with Crippen molar-refractivity contribution >= 4 is 18.8 Å². The van der Waals surface area contributed by atoms with Gasteiger partial charge in [0.25, 0.3) is 0 Å². The highest BCUT2D eigenvalue weighted by Gasteiger charge is 2.21. The lowest BCUT2D eigenvalue weighted by Gasteiger charge is -2.19. The molecule has 0 amide bonds. The molecule has 0 aromatic carbocycles. The molecule has 2 nitrogen and oxygen atoms in total. The fourth-order valence-electron chi connectivity index (χ4n) is 1.30. The standard InChI is InChI=1S/C11H14N2Si/c1-9(8-12)11-10(14(2,3)4)6-5-7-13-11/h5-7H,1H2,2-4H3. The highest BCUT2D eigenvalue weighted by Crippen LogP contribution is 2.11. The molecule has 1 aromatic heterocycles. The number of allylic oxidation sites excluding steroid dienone is 1. The van der Waals surface area contributed by atoms with Gasteiger partial charge < -0.3 is 0 Å². The van der Waals surface area contributed by atoms with Crippen molar-refractivity contribution in [2.24, 2.45) is 0 Å². The van der Waals surface area contributed by atoms with E-state index in [1.807, 2.05) is 6.07 Å². The molecule has 14 heavy (non-hydrogen) atoms. The molecule has 0 atom stereocenters. The number of hydrogen-bond donors (Lipinski definition) is 0. The molecule has 72 valence electrons. The van der Waals surface area contributed by atoms with Crippen LogP contribution in [-0.2, 0) is 0 Å². The maximum absolute atomic E-state index is 8.80. The zero-order chi connectivity index (χ0) is 10.8. The Morgan fingerprint density at radius 1 is 1.50 bits per heavy atom. The van der Waals surface area contributed by atoms with Crippen LogP contribution in [0, 0.1) is 11.3 Å². The molecule has 3 heteroatoms. The maximum Gasteiger partial charge on any atom is 0.101 e. The molecule has 0 bridgehead atoms. The van der Waals surface area contributed by atoms with E-state index in [-0.39, 0.29) is 0 Å². The maximum atomic E-state index is 8.80. The van der Waals surface area contributed by atoms with Crippen LogP contribution in [0.15, 0.2) is 24.9 Å². The Morgan fingerprint density at radius 2 is 2.14 bits per heavy atom. The molecule has 0 aliphatic carbocycles. The molecule has 0 fully saturated rings. The number of nitriles is 1. The van der Waals surface area contributed by atoms with Crippen LogP contribution in [-0.4, -0.2) is 13.1 Å². The molecule has 1 aromatic rings. The summed E-state index contributed by atoms with van der Waals surface area (Å²) in [6.45, 7) is 10.4. The van der Waals surface area contributed by atoms with E-state index in [1.165, 1.54) is 5.19 Å². The minimum Gasteiger partial charge on any atom is -0.256 e. The number of rotatable bonds is 2. The van der Waals surface area contributed by atoms with Gasteiger partial charge in [-0.2, -0.15) is 5.26 Å². The smallest absolute Gasteiger partial charge is 0.101 e. The van der Waals surface area contributed by atoms with Gasteiger partial charge in [-0.1, -0.05) is 32.3 Å². The van der Waals surface area contributed by atoms with Gasteiger partial charge in [0.05, 0.1) is 19.3 Å². The molecule has 0 N–H and O–H groups in total. The topological polar surface area (TPSA) is 36.7 Å². The van der Waals surface area contributed by atoms with Gasteiger partial charge in [0.2, 0.25) is 0 Å². The summed E-state index contributed by atoms with van der Waals surface area (Å²) in [5.41, 5.74) is 1.23. The molecule has 0 saturated carbocycles. The van der Waals surface area contributed by atoms with E-state index >= 15 is 0 Å². The van der Waals surface area contributed by atoms with Crippen LogP contribution in [0.3, 0.4) is 0 Å². The van der Waals surface area contributed by atoms with Gasteiger partial charge in [0, 0.05) is 6.20 Å². The lowest BCUT2D eigenvalue weighted by Crippen LogP contribution is -2.40. The van der Waals surface area contributed by atoms with Crippen LogP contribution >= 0.6 is 0 Å². The Bertz CT molecular complexity index is 396. The SMILES string of the molecule is C=C(C#N)c1ncccc1[Si](C)(C)C. The van der Waals surface area contributed by atoms with Gasteiger partial charge in [0.15, 0.2) is 0 Å². The van der Waals surface area contributed by atoms with E-state index in [0.29, 0.717) is 5.57 Å². The fraction of sp³-hybridized carbons (Fsp3) is 0.273. The quantitative estimate of drug-likeness (QED) is 0.544. The third kappa shape index (κ3) is 2.09. The van der Waals surface area contributed by atoms with Crippen LogP contribution < -0.4 is 5.19 Å².